The molecular weight excluding hydrogens is 500 g/mol. The van der Waals surface area contributed by atoms with Gasteiger partial charge in [0.05, 0.1) is 10.6 Å². The highest BCUT2D eigenvalue weighted by molar-refractivity contribution is 7.80. The monoisotopic (exact) mass is 522 g/mol. The zero-order chi connectivity index (χ0) is 25.7. The Hall–Kier alpha value is -3.82. The molecule has 0 spiro atoms. The third-order valence-electron chi connectivity index (χ3n) is 5.87. The van der Waals surface area contributed by atoms with Crippen LogP contribution in [0.25, 0.3) is 0 Å². The Morgan fingerprint density at radius 1 is 0.944 bits per heavy atom. The zero-order valence-corrected chi connectivity index (χ0v) is 20.8. The molecule has 3 aromatic carbocycles. The molecule has 0 radical (unpaired) electrons. The van der Waals surface area contributed by atoms with Gasteiger partial charge < -0.3 is 10.2 Å². The van der Waals surface area contributed by atoms with Crippen LogP contribution >= 0.6 is 23.8 Å². The smallest absolute Gasteiger partial charge is 0.293 e. The summed E-state index contributed by atoms with van der Waals surface area (Å²) in [6.45, 7) is 1.48. The highest BCUT2D eigenvalue weighted by atomic mass is 35.5. The Bertz CT molecular complexity index is 1330. The molecule has 36 heavy (non-hydrogen) atoms. The van der Waals surface area contributed by atoms with E-state index in [2.05, 4.69) is 10.6 Å². The van der Waals surface area contributed by atoms with Gasteiger partial charge in [-0.2, -0.15) is 0 Å². The molecule has 0 unspecified atom stereocenters. The quantitative estimate of drug-likeness (QED) is 0.188. The van der Waals surface area contributed by atoms with E-state index in [0.717, 1.165) is 32.4 Å². The van der Waals surface area contributed by atoms with E-state index in [4.69, 9.17) is 23.8 Å². The van der Waals surface area contributed by atoms with Crippen LogP contribution in [-0.2, 0) is 0 Å². The average Bonchev–Trinajstić information content (AvgIpc) is 2.89. The lowest BCUT2D eigenvalue weighted by Gasteiger charge is -2.28. The Balaban J connectivity index is 1.51. The zero-order valence-electron chi connectivity index (χ0n) is 19.2. The molecule has 0 saturated carbocycles. The van der Waals surface area contributed by atoms with Crippen molar-refractivity contribution in [2.24, 2.45) is 0 Å². The Morgan fingerprint density at radius 2 is 1.67 bits per heavy atom. The molecule has 1 saturated heterocycles. The molecule has 1 heterocycles. The molecule has 0 aromatic heterocycles. The Morgan fingerprint density at radius 3 is 2.36 bits per heavy atom. The number of piperidine rings is 1. The number of nitrogens with one attached hydrogen (secondary N) is 2. The number of anilines is 2. The van der Waals surface area contributed by atoms with Gasteiger partial charge in [0.2, 0.25) is 0 Å². The van der Waals surface area contributed by atoms with Gasteiger partial charge in [-0.25, -0.2) is 0 Å². The number of rotatable bonds is 6. The second-order valence-electron chi connectivity index (χ2n) is 8.30. The number of carbonyl (C=O) groups is 2. The highest BCUT2D eigenvalue weighted by Crippen LogP contribution is 2.31. The summed E-state index contributed by atoms with van der Waals surface area (Å²) < 4.78 is 0. The lowest BCUT2D eigenvalue weighted by Crippen LogP contribution is -2.34. The lowest BCUT2D eigenvalue weighted by molar-refractivity contribution is -0.384. The minimum absolute atomic E-state index is 0.0628. The molecule has 1 aliphatic rings. The number of hydrogen-bond acceptors (Lipinski definition) is 6. The number of thiocarbonyl (C=S) groups is 1. The summed E-state index contributed by atoms with van der Waals surface area (Å²) in [6, 6.07) is 17.8. The Labute approximate surface area is 218 Å². The molecule has 4 rings (SSSR count). The van der Waals surface area contributed by atoms with Crippen LogP contribution in [0.1, 0.15) is 45.5 Å². The van der Waals surface area contributed by atoms with Gasteiger partial charge in [-0.05, 0) is 61.8 Å². The summed E-state index contributed by atoms with van der Waals surface area (Å²) in [5.74, 6) is -0.871. The van der Waals surface area contributed by atoms with Gasteiger partial charge in [-0.1, -0.05) is 41.9 Å². The lowest BCUT2D eigenvalue weighted by atomic mass is 10.0. The standard InChI is InChI=1S/C26H23ClN4O4S/c27-19-10-11-21(20(16-19)24(32)17-7-3-1-4-8-17)28-26(36)29-25(33)18-9-12-22(23(15-18)31(34)35)30-13-5-2-6-14-30/h1,3-4,7-12,15-16H,2,5-6,13-14H2,(H2,28,29,33,36). The molecule has 8 nitrogen and oxygen atoms in total. The van der Waals surface area contributed by atoms with Crippen molar-refractivity contribution in [2.75, 3.05) is 23.3 Å². The second kappa shape index (κ2) is 11.3. The van der Waals surface area contributed by atoms with Gasteiger partial charge in [0.1, 0.15) is 5.69 Å². The fourth-order valence-corrected chi connectivity index (χ4v) is 4.48. The van der Waals surface area contributed by atoms with E-state index in [9.17, 15) is 19.7 Å². The van der Waals surface area contributed by atoms with Crippen LogP contribution in [-0.4, -0.2) is 34.8 Å². The number of nitrogens with zero attached hydrogens (tertiary/aromatic N) is 2. The second-order valence-corrected chi connectivity index (χ2v) is 9.15. The van der Waals surface area contributed by atoms with Gasteiger partial charge in [-0.15, -0.1) is 0 Å². The number of benzene rings is 3. The van der Waals surface area contributed by atoms with Crippen LogP contribution in [0.3, 0.4) is 0 Å². The molecule has 0 bridgehead atoms. The van der Waals surface area contributed by atoms with E-state index in [1.165, 1.54) is 12.1 Å². The van der Waals surface area contributed by atoms with Gasteiger partial charge in [0.15, 0.2) is 10.9 Å². The number of ketones is 1. The maximum absolute atomic E-state index is 13.0. The minimum atomic E-state index is -0.606. The summed E-state index contributed by atoms with van der Waals surface area (Å²) in [7, 11) is 0. The van der Waals surface area contributed by atoms with E-state index in [1.54, 1.807) is 48.5 Å². The SMILES string of the molecule is O=C(NC(=S)Nc1ccc(Cl)cc1C(=O)c1ccccc1)c1ccc(N2CCCCC2)c([N+](=O)[O-])c1. The van der Waals surface area contributed by atoms with Crippen LogP contribution in [0.2, 0.25) is 5.02 Å². The van der Waals surface area contributed by atoms with Crippen LogP contribution in [0.15, 0.2) is 66.7 Å². The third-order valence-corrected chi connectivity index (χ3v) is 6.31. The molecule has 1 fully saturated rings. The van der Waals surface area contributed by atoms with Crippen LogP contribution in [0.4, 0.5) is 17.1 Å². The number of halogens is 1. The van der Waals surface area contributed by atoms with Crippen molar-refractivity contribution in [2.45, 2.75) is 19.3 Å². The number of nitro groups is 1. The van der Waals surface area contributed by atoms with Crippen molar-refractivity contribution in [1.82, 2.24) is 5.32 Å². The fourth-order valence-electron chi connectivity index (χ4n) is 4.10. The summed E-state index contributed by atoms with van der Waals surface area (Å²) in [5, 5.41) is 17.4. The van der Waals surface area contributed by atoms with Crippen LogP contribution in [0, 0.1) is 10.1 Å². The molecule has 184 valence electrons. The average molecular weight is 523 g/mol. The van der Waals surface area contributed by atoms with Crippen molar-refractivity contribution in [1.29, 1.82) is 0 Å². The van der Waals surface area contributed by atoms with E-state index in [1.807, 2.05) is 11.0 Å². The predicted molar refractivity (Wildman–Crippen MR) is 144 cm³/mol. The van der Waals surface area contributed by atoms with Gasteiger partial charge in [-0.3, -0.25) is 25.0 Å². The van der Waals surface area contributed by atoms with E-state index < -0.39 is 10.8 Å². The summed E-state index contributed by atoms with van der Waals surface area (Å²) in [5.41, 5.74) is 1.60. The van der Waals surface area contributed by atoms with E-state index >= 15 is 0 Å². The van der Waals surface area contributed by atoms with Crippen LogP contribution in [0.5, 0.6) is 0 Å². The van der Waals surface area contributed by atoms with E-state index in [0.29, 0.717) is 22.0 Å². The fraction of sp³-hybridized carbons (Fsp3) is 0.192. The molecule has 10 heteroatoms. The first-order chi connectivity index (χ1) is 17.3. The first-order valence-electron chi connectivity index (χ1n) is 11.4. The number of carbonyl (C=O) groups excluding carboxylic acids is 2. The van der Waals surface area contributed by atoms with Gasteiger partial charge in [0.25, 0.3) is 11.6 Å². The van der Waals surface area contributed by atoms with Gasteiger partial charge >= 0.3 is 0 Å². The maximum Gasteiger partial charge on any atom is 0.293 e. The summed E-state index contributed by atoms with van der Waals surface area (Å²) >= 11 is 11.4. The highest BCUT2D eigenvalue weighted by Gasteiger charge is 2.23. The van der Waals surface area contributed by atoms with Crippen molar-refractivity contribution in [3.63, 3.8) is 0 Å². The predicted octanol–water partition coefficient (Wildman–Crippen LogP) is 5.60. The summed E-state index contributed by atoms with van der Waals surface area (Å²) in [4.78, 5) is 39.1. The molecule has 0 aliphatic carbocycles. The van der Waals surface area contributed by atoms with E-state index in [-0.39, 0.29) is 27.7 Å². The van der Waals surface area contributed by atoms with Crippen molar-refractivity contribution < 1.29 is 14.5 Å². The maximum atomic E-state index is 13.0. The molecule has 2 N–H and O–H groups in total. The Kier molecular flexibility index (Phi) is 7.92. The normalized spacial score (nSPS) is 13.1. The number of nitro benzene ring substituents is 1. The third kappa shape index (κ3) is 5.87. The topological polar surface area (TPSA) is 105 Å². The summed E-state index contributed by atoms with van der Waals surface area (Å²) in [6.07, 6.45) is 3.04. The number of amides is 1. The molecular formula is C26H23ClN4O4S. The molecule has 3 aromatic rings. The van der Waals surface area contributed by atoms with Crippen molar-refractivity contribution in [3.8, 4) is 0 Å². The van der Waals surface area contributed by atoms with Crippen molar-refractivity contribution >= 4 is 57.7 Å². The van der Waals surface area contributed by atoms with Gasteiger partial charge in [0, 0.05) is 40.9 Å². The first kappa shape index (κ1) is 25.3. The first-order valence-corrected chi connectivity index (χ1v) is 12.2. The molecule has 1 amide bonds. The molecule has 1 aliphatic heterocycles. The van der Waals surface area contributed by atoms with Crippen LogP contribution < -0.4 is 15.5 Å². The molecule has 0 atom stereocenters. The van der Waals surface area contributed by atoms with Crippen molar-refractivity contribution in [3.05, 3.63) is 98.6 Å². The largest absolute Gasteiger partial charge is 0.366 e. The number of hydrogen-bond donors (Lipinski definition) is 2. The minimum Gasteiger partial charge on any atom is -0.366 e.